The minimum absolute atomic E-state index is 0.0622. The second-order valence-electron chi connectivity index (χ2n) is 4.43. The highest BCUT2D eigenvalue weighted by molar-refractivity contribution is 5.77. The maximum Gasteiger partial charge on any atom is 0.309 e. The van der Waals surface area contributed by atoms with Crippen LogP contribution < -0.4 is 14.2 Å². The second kappa shape index (κ2) is 5.38. The molecule has 1 saturated carbocycles. The number of ether oxygens (including phenoxy) is 4. The zero-order valence-electron chi connectivity index (χ0n) is 11.6. The molecule has 19 heavy (non-hydrogen) atoms. The molecule has 0 radical (unpaired) electrons. The van der Waals surface area contributed by atoms with E-state index in [0.717, 1.165) is 12.0 Å². The Balaban J connectivity index is 2.31. The van der Waals surface area contributed by atoms with Gasteiger partial charge in [0.05, 0.1) is 34.4 Å². The van der Waals surface area contributed by atoms with Crippen molar-refractivity contribution in [2.24, 2.45) is 5.92 Å². The predicted octanol–water partition coefficient (Wildman–Crippen LogP) is 1.99. The molecule has 2 atom stereocenters. The molecular formula is C14H18O5. The maximum absolute atomic E-state index is 11.5. The fraction of sp³-hybridized carbons (Fsp3) is 0.500. The summed E-state index contributed by atoms with van der Waals surface area (Å²) in [6.07, 6.45) is 0.797. The van der Waals surface area contributed by atoms with E-state index in [-0.39, 0.29) is 17.8 Å². The Morgan fingerprint density at radius 2 is 1.63 bits per heavy atom. The average molecular weight is 266 g/mol. The van der Waals surface area contributed by atoms with E-state index in [1.54, 1.807) is 21.3 Å². The highest BCUT2D eigenvalue weighted by atomic mass is 16.5. The van der Waals surface area contributed by atoms with Gasteiger partial charge >= 0.3 is 5.97 Å². The molecule has 104 valence electrons. The third kappa shape index (κ3) is 2.45. The molecular weight excluding hydrogens is 248 g/mol. The highest BCUT2D eigenvalue weighted by Gasteiger charge is 2.45. The number of carbonyl (C=O) groups is 1. The predicted molar refractivity (Wildman–Crippen MR) is 69.0 cm³/mol. The first-order valence-electron chi connectivity index (χ1n) is 6.04. The lowest BCUT2D eigenvalue weighted by molar-refractivity contribution is -0.142. The average Bonchev–Trinajstić information content (AvgIpc) is 3.25. The molecule has 5 heteroatoms. The van der Waals surface area contributed by atoms with Crippen LogP contribution in [0.5, 0.6) is 17.2 Å². The summed E-state index contributed by atoms with van der Waals surface area (Å²) in [5, 5.41) is 0. The summed E-state index contributed by atoms with van der Waals surface area (Å²) in [5.41, 5.74) is 1.00. The van der Waals surface area contributed by atoms with Crippen molar-refractivity contribution in [1.82, 2.24) is 0 Å². The van der Waals surface area contributed by atoms with Crippen molar-refractivity contribution in [2.75, 3.05) is 28.4 Å². The van der Waals surface area contributed by atoms with Crippen molar-refractivity contribution < 1.29 is 23.7 Å². The Kier molecular flexibility index (Phi) is 3.83. The first kappa shape index (κ1) is 13.5. The summed E-state index contributed by atoms with van der Waals surface area (Å²) in [5.74, 6) is 1.71. The SMILES string of the molecule is COC(=O)[C@H]1C[C@@H]1c1cc(OC)c(OC)c(OC)c1. The van der Waals surface area contributed by atoms with E-state index in [2.05, 4.69) is 0 Å². The van der Waals surface area contributed by atoms with Crippen LogP contribution in [0.25, 0.3) is 0 Å². The van der Waals surface area contributed by atoms with Crippen molar-refractivity contribution in [3.8, 4) is 17.2 Å². The van der Waals surface area contributed by atoms with Crippen LogP contribution >= 0.6 is 0 Å². The number of hydrogen-bond donors (Lipinski definition) is 0. The molecule has 0 saturated heterocycles. The summed E-state index contributed by atoms with van der Waals surface area (Å²) in [6.45, 7) is 0. The lowest BCUT2D eigenvalue weighted by atomic mass is 10.1. The van der Waals surface area contributed by atoms with E-state index in [4.69, 9.17) is 18.9 Å². The number of benzene rings is 1. The fourth-order valence-electron chi connectivity index (χ4n) is 2.29. The minimum Gasteiger partial charge on any atom is -0.493 e. The second-order valence-corrected chi connectivity index (χ2v) is 4.43. The number of methoxy groups -OCH3 is 4. The van der Waals surface area contributed by atoms with Crippen molar-refractivity contribution >= 4 is 5.97 Å². The molecule has 2 rings (SSSR count). The van der Waals surface area contributed by atoms with Crippen LogP contribution in [-0.2, 0) is 9.53 Å². The van der Waals surface area contributed by atoms with E-state index < -0.39 is 0 Å². The van der Waals surface area contributed by atoms with Gasteiger partial charge in [-0.05, 0) is 30.0 Å². The van der Waals surface area contributed by atoms with Gasteiger partial charge in [-0.15, -0.1) is 0 Å². The third-order valence-corrected chi connectivity index (χ3v) is 3.41. The standard InChI is InChI=1S/C14H18O5/c1-16-11-5-8(6-12(17-2)13(11)18-3)9-7-10(9)14(15)19-4/h5-6,9-10H,7H2,1-4H3/t9-,10+/m1/s1. The number of rotatable bonds is 5. The Bertz CT molecular complexity index is 458. The van der Waals surface area contributed by atoms with Gasteiger partial charge in [-0.25, -0.2) is 0 Å². The summed E-state index contributed by atoms with van der Waals surface area (Å²) in [6, 6.07) is 3.77. The van der Waals surface area contributed by atoms with Crippen molar-refractivity contribution in [3.63, 3.8) is 0 Å². The smallest absolute Gasteiger partial charge is 0.309 e. The molecule has 5 nitrogen and oxygen atoms in total. The molecule has 0 spiro atoms. The van der Waals surface area contributed by atoms with E-state index in [9.17, 15) is 4.79 Å². The molecule has 0 aromatic heterocycles. The highest BCUT2D eigenvalue weighted by Crippen LogP contribution is 2.51. The minimum atomic E-state index is -0.168. The van der Waals surface area contributed by atoms with Gasteiger partial charge in [0.15, 0.2) is 11.5 Å². The van der Waals surface area contributed by atoms with Gasteiger partial charge in [0.1, 0.15) is 0 Å². The largest absolute Gasteiger partial charge is 0.493 e. The summed E-state index contributed by atoms with van der Waals surface area (Å²) in [4.78, 5) is 11.5. The lowest BCUT2D eigenvalue weighted by Crippen LogP contribution is -2.04. The molecule has 0 unspecified atom stereocenters. The monoisotopic (exact) mass is 266 g/mol. The molecule has 0 amide bonds. The first-order chi connectivity index (χ1) is 9.15. The molecule has 1 aromatic rings. The first-order valence-corrected chi connectivity index (χ1v) is 6.04. The van der Waals surface area contributed by atoms with Gasteiger partial charge in [-0.1, -0.05) is 0 Å². The molecule has 0 N–H and O–H groups in total. The van der Waals surface area contributed by atoms with E-state index >= 15 is 0 Å². The maximum atomic E-state index is 11.5. The molecule has 1 aliphatic carbocycles. The van der Waals surface area contributed by atoms with E-state index in [1.165, 1.54) is 7.11 Å². The Labute approximate surface area is 112 Å². The summed E-state index contributed by atoms with van der Waals surface area (Å²) in [7, 11) is 6.12. The molecule has 0 heterocycles. The van der Waals surface area contributed by atoms with Gasteiger partial charge in [0.25, 0.3) is 0 Å². The fourth-order valence-corrected chi connectivity index (χ4v) is 2.29. The molecule has 0 bridgehead atoms. The quantitative estimate of drug-likeness (QED) is 0.763. The Hall–Kier alpha value is -1.91. The van der Waals surface area contributed by atoms with Crippen molar-refractivity contribution in [3.05, 3.63) is 17.7 Å². The normalized spacial score (nSPS) is 20.6. The third-order valence-electron chi connectivity index (χ3n) is 3.41. The van der Waals surface area contributed by atoms with Crippen LogP contribution in [-0.4, -0.2) is 34.4 Å². The topological polar surface area (TPSA) is 54.0 Å². The number of esters is 1. The Morgan fingerprint density at radius 1 is 1.05 bits per heavy atom. The summed E-state index contributed by atoms with van der Waals surface area (Å²) >= 11 is 0. The van der Waals surface area contributed by atoms with E-state index in [1.807, 2.05) is 12.1 Å². The van der Waals surface area contributed by atoms with Crippen molar-refractivity contribution in [2.45, 2.75) is 12.3 Å². The van der Waals surface area contributed by atoms with Crippen LogP contribution in [0.3, 0.4) is 0 Å². The van der Waals surface area contributed by atoms with Gasteiger partial charge < -0.3 is 18.9 Å². The molecule has 1 aliphatic rings. The van der Waals surface area contributed by atoms with Gasteiger partial charge in [0, 0.05) is 0 Å². The Morgan fingerprint density at radius 3 is 2.05 bits per heavy atom. The molecule has 1 aromatic carbocycles. The van der Waals surface area contributed by atoms with Crippen LogP contribution in [0.15, 0.2) is 12.1 Å². The number of hydrogen-bond acceptors (Lipinski definition) is 5. The zero-order valence-corrected chi connectivity index (χ0v) is 11.6. The van der Waals surface area contributed by atoms with Crippen LogP contribution in [0.2, 0.25) is 0 Å². The van der Waals surface area contributed by atoms with E-state index in [0.29, 0.717) is 17.2 Å². The molecule has 1 fully saturated rings. The van der Waals surface area contributed by atoms with Crippen LogP contribution in [0, 0.1) is 5.92 Å². The van der Waals surface area contributed by atoms with Gasteiger partial charge in [-0.2, -0.15) is 0 Å². The number of carbonyl (C=O) groups excluding carboxylic acids is 1. The van der Waals surface area contributed by atoms with Gasteiger partial charge in [-0.3, -0.25) is 4.79 Å². The molecule has 0 aliphatic heterocycles. The zero-order chi connectivity index (χ0) is 14.0. The summed E-state index contributed by atoms with van der Waals surface area (Å²) < 4.78 is 20.6. The lowest BCUT2D eigenvalue weighted by Gasteiger charge is -2.14. The van der Waals surface area contributed by atoms with Crippen molar-refractivity contribution in [1.29, 1.82) is 0 Å². The van der Waals surface area contributed by atoms with Crippen LogP contribution in [0.1, 0.15) is 17.9 Å². The van der Waals surface area contributed by atoms with Crippen LogP contribution in [0.4, 0.5) is 0 Å². The van der Waals surface area contributed by atoms with Gasteiger partial charge in [0.2, 0.25) is 5.75 Å².